The summed E-state index contributed by atoms with van der Waals surface area (Å²) in [6.45, 7) is 4.23. The highest BCUT2D eigenvalue weighted by Gasteiger charge is 2.14. The number of hydrogen-bond donors (Lipinski definition) is 0. The summed E-state index contributed by atoms with van der Waals surface area (Å²) < 4.78 is 0. The number of rotatable bonds is 3. The molecule has 1 aliphatic rings. The second-order valence-electron chi connectivity index (χ2n) is 6.99. The van der Waals surface area contributed by atoms with Gasteiger partial charge < -0.3 is 4.90 Å². The Morgan fingerprint density at radius 1 is 0.889 bits per heavy atom. The van der Waals surface area contributed by atoms with Gasteiger partial charge in [-0.3, -0.25) is 4.98 Å². The van der Waals surface area contributed by atoms with Crippen molar-refractivity contribution in [1.82, 2.24) is 15.0 Å². The van der Waals surface area contributed by atoms with Gasteiger partial charge in [0.05, 0.1) is 5.69 Å². The van der Waals surface area contributed by atoms with Crippen LogP contribution in [-0.2, 0) is 0 Å². The van der Waals surface area contributed by atoms with Gasteiger partial charge in [0.1, 0.15) is 10.6 Å². The number of anilines is 1. The van der Waals surface area contributed by atoms with E-state index in [1.165, 1.54) is 23.1 Å². The van der Waals surface area contributed by atoms with E-state index in [0.29, 0.717) is 0 Å². The Balaban J connectivity index is 1.46. The van der Waals surface area contributed by atoms with Gasteiger partial charge in [-0.1, -0.05) is 6.07 Å². The Morgan fingerprint density at radius 2 is 1.70 bits per heavy atom. The summed E-state index contributed by atoms with van der Waals surface area (Å²) in [7, 11) is 0. The monoisotopic (exact) mass is 372 g/mol. The van der Waals surface area contributed by atoms with E-state index in [9.17, 15) is 0 Å². The molecular formula is C22H20N4S. The summed E-state index contributed by atoms with van der Waals surface area (Å²) in [5.41, 5.74) is 4.21. The van der Waals surface area contributed by atoms with Crippen molar-refractivity contribution >= 4 is 27.4 Å². The largest absolute Gasteiger partial charge is 0.357 e. The van der Waals surface area contributed by atoms with Crippen molar-refractivity contribution in [2.24, 2.45) is 0 Å². The van der Waals surface area contributed by atoms with Crippen LogP contribution < -0.4 is 4.90 Å². The van der Waals surface area contributed by atoms with Crippen LogP contribution in [0.5, 0.6) is 0 Å². The summed E-state index contributed by atoms with van der Waals surface area (Å²) in [6, 6.07) is 14.8. The molecule has 5 heteroatoms. The minimum Gasteiger partial charge on any atom is -0.357 e. The summed E-state index contributed by atoms with van der Waals surface area (Å²) in [4.78, 5) is 18.5. The van der Waals surface area contributed by atoms with Gasteiger partial charge in [-0.2, -0.15) is 0 Å². The third-order valence-corrected chi connectivity index (χ3v) is 6.15. The van der Waals surface area contributed by atoms with Gasteiger partial charge in [0.2, 0.25) is 0 Å². The van der Waals surface area contributed by atoms with Crippen LogP contribution in [0.2, 0.25) is 0 Å². The van der Waals surface area contributed by atoms with Crippen molar-refractivity contribution in [1.29, 1.82) is 0 Å². The highest BCUT2D eigenvalue weighted by atomic mass is 32.1. The molecule has 1 aliphatic heterocycles. The molecule has 134 valence electrons. The molecule has 0 amide bonds. The number of thiophene rings is 1. The molecule has 1 saturated heterocycles. The molecule has 0 aromatic carbocycles. The van der Waals surface area contributed by atoms with Gasteiger partial charge in [-0.25, -0.2) is 9.97 Å². The van der Waals surface area contributed by atoms with E-state index >= 15 is 0 Å². The van der Waals surface area contributed by atoms with Crippen molar-refractivity contribution in [2.45, 2.75) is 19.8 Å². The standard InChI is InChI=1S/C22H20N4S/c1-15-4-5-18(14-23-15)20-12-16-6-8-19(25-22(16)27-20)17-7-9-21(24-13-17)26-10-2-3-11-26/h4-9,12-14H,2-3,10-11H2,1H3. The Morgan fingerprint density at radius 3 is 2.44 bits per heavy atom. The SMILES string of the molecule is Cc1ccc(-c2cc3ccc(-c4ccc(N5CCCC5)nc4)nc3s2)cn1. The lowest BCUT2D eigenvalue weighted by Gasteiger charge is -2.16. The molecule has 1 fully saturated rings. The maximum absolute atomic E-state index is 4.88. The maximum Gasteiger partial charge on any atom is 0.128 e. The maximum atomic E-state index is 4.88. The predicted octanol–water partition coefficient (Wildman–Crippen LogP) is 5.33. The topological polar surface area (TPSA) is 41.9 Å². The van der Waals surface area contributed by atoms with Crippen LogP contribution in [0.25, 0.3) is 31.9 Å². The zero-order chi connectivity index (χ0) is 18.2. The van der Waals surface area contributed by atoms with Gasteiger partial charge in [0, 0.05) is 52.6 Å². The third-order valence-electron chi connectivity index (χ3n) is 5.05. The van der Waals surface area contributed by atoms with E-state index in [-0.39, 0.29) is 0 Å². The lowest BCUT2D eigenvalue weighted by molar-refractivity contribution is 0.938. The van der Waals surface area contributed by atoms with Crippen LogP contribution in [0.15, 0.2) is 54.9 Å². The normalized spacial score (nSPS) is 14.2. The van der Waals surface area contributed by atoms with E-state index in [4.69, 9.17) is 4.98 Å². The average molecular weight is 372 g/mol. The second-order valence-corrected chi connectivity index (χ2v) is 8.02. The minimum absolute atomic E-state index is 0.971. The van der Waals surface area contributed by atoms with Gasteiger partial charge >= 0.3 is 0 Å². The molecule has 0 radical (unpaired) electrons. The van der Waals surface area contributed by atoms with Crippen molar-refractivity contribution in [3.63, 3.8) is 0 Å². The average Bonchev–Trinajstić information content (AvgIpc) is 3.38. The smallest absolute Gasteiger partial charge is 0.128 e. The van der Waals surface area contributed by atoms with Crippen molar-refractivity contribution in [3.05, 3.63) is 60.6 Å². The number of pyridine rings is 3. The van der Waals surface area contributed by atoms with Gasteiger partial charge in [-0.05, 0) is 56.2 Å². The van der Waals surface area contributed by atoms with Crippen LogP contribution >= 0.6 is 11.3 Å². The summed E-state index contributed by atoms with van der Waals surface area (Å²) >= 11 is 1.71. The van der Waals surface area contributed by atoms with E-state index < -0.39 is 0 Å². The summed E-state index contributed by atoms with van der Waals surface area (Å²) in [6.07, 6.45) is 6.40. The Bertz CT molecular complexity index is 1080. The molecule has 0 atom stereocenters. The molecule has 4 aromatic heterocycles. The first-order valence-electron chi connectivity index (χ1n) is 9.31. The Hall–Kier alpha value is -2.79. The van der Waals surface area contributed by atoms with Crippen LogP contribution in [0.3, 0.4) is 0 Å². The molecule has 4 nitrogen and oxygen atoms in total. The number of hydrogen-bond acceptors (Lipinski definition) is 5. The summed E-state index contributed by atoms with van der Waals surface area (Å²) in [5.74, 6) is 1.07. The first kappa shape index (κ1) is 16.4. The molecule has 5 rings (SSSR count). The quantitative estimate of drug-likeness (QED) is 0.487. The fourth-order valence-electron chi connectivity index (χ4n) is 3.51. The lowest BCUT2D eigenvalue weighted by Crippen LogP contribution is -2.18. The molecular weight excluding hydrogens is 352 g/mol. The number of aromatic nitrogens is 3. The van der Waals surface area contributed by atoms with Gasteiger partial charge in [0.15, 0.2) is 0 Å². The zero-order valence-corrected chi connectivity index (χ0v) is 16.0. The Labute approximate surface area is 162 Å². The molecule has 0 N–H and O–H groups in total. The highest BCUT2D eigenvalue weighted by Crippen LogP contribution is 2.33. The molecule has 5 heterocycles. The van der Waals surface area contributed by atoms with Crippen LogP contribution in [0, 0.1) is 6.92 Å². The minimum atomic E-state index is 0.971. The number of aryl methyl sites for hydroxylation is 1. The number of nitrogens with zero attached hydrogens (tertiary/aromatic N) is 4. The first-order chi connectivity index (χ1) is 13.3. The second kappa shape index (κ2) is 6.74. The van der Waals surface area contributed by atoms with Crippen molar-refractivity contribution in [2.75, 3.05) is 18.0 Å². The van der Waals surface area contributed by atoms with Crippen molar-refractivity contribution in [3.8, 4) is 21.7 Å². The van der Waals surface area contributed by atoms with Crippen LogP contribution in [0.1, 0.15) is 18.5 Å². The van der Waals surface area contributed by atoms with E-state index in [1.807, 2.05) is 25.4 Å². The third kappa shape index (κ3) is 3.19. The molecule has 0 spiro atoms. The van der Waals surface area contributed by atoms with Gasteiger partial charge in [-0.15, -0.1) is 11.3 Å². The molecule has 27 heavy (non-hydrogen) atoms. The molecule has 0 bridgehead atoms. The van der Waals surface area contributed by atoms with E-state index in [1.54, 1.807) is 11.3 Å². The number of fused-ring (bicyclic) bond motifs is 1. The molecule has 4 aromatic rings. The molecule has 0 saturated carbocycles. The lowest BCUT2D eigenvalue weighted by atomic mass is 10.1. The Kier molecular flexibility index (Phi) is 4.09. The van der Waals surface area contributed by atoms with Crippen LogP contribution in [0.4, 0.5) is 5.82 Å². The first-order valence-corrected chi connectivity index (χ1v) is 10.1. The molecule has 0 unspecified atom stereocenters. The van der Waals surface area contributed by atoms with Crippen molar-refractivity contribution < 1.29 is 0 Å². The zero-order valence-electron chi connectivity index (χ0n) is 15.2. The van der Waals surface area contributed by atoms with E-state index in [2.05, 4.69) is 51.3 Å². The van der Waals surface area contributed by atoms with Crippen LogP contribution in [-0.4, -0.2) is 28.0 Å². The molecule has 0 aliphatic carbocycles. The fraction of sp³-hybridized carbons (Fsp3) is 0.227. The van der Waals surface area contributed by atoms with E-state index in [0.717, 1.165) is 46.3 Å². The fourth-order valence-corrected chi connectivity index (χ4v) is 4.53. The van der Waals surface area contributed by atoms with Gasteiger partial charge in [0.25, 0.3) is 0 Å². The highest BCUT2D eigenvalue weighted by molar-refractivity contribution is 7.21. The summed E-state index contributed by atoms with van der Waals surface area (Å²) in [5, 5.41) is 1.17. The predicted molar refractivity (Wildman–Crippen MR) is 112 cm³/mol.